The Morgan fingerprint density at radius 2 is 2.00 bits per heavy atom. The van der Waals surface area contributed by atoms with Crippen molar-refractivity contribution in [2.45, 2.75) is 26.7 Å². The molecule has 0 bridgehead atoms. The molecule has 1 aliphatic heterocycles. The zero-order valence-electron chi connectivity index (χ0n) is 17.2. The fourth-order valence-corrected chi connectivity index (χ4v) is 2.97. The van der Waals surface area contributed by atoms with E-state index < -0.39 is 0 Å². The first kappa shape index (κ1) is 20.5. The molecule has 0 aromatic heterocycles. The summed E-state index contributed by atoms with van der Waals surface area (Å²) in [6, 6.07) is 9.55. The smallest absolute Gasteiger partial charge is 0.277 e. The Labute approximate surface area is 170 Å². The van der Waals surface area contributed by atoms with Crippen LogP contribution in [0.15, 0.2) is 35.4 Å². The number of hydrogen-bond acceptors (Lipinski definition) is 6. The van der Waals surface area contributed by atoms with Crippen LogP contribution in [0.25, 0.3) is 0 Å². The van der Waals surface area contributed by atoms with E-state index >= 15 is 0 Å². The lowest BCUT2D eigenvalue weighted by Crippen LogP contribution is -2.25. The number of rotatable bonds is 7. The molecule has 0 unspecified atom stereocenters. The largest absolute Gasteiger partial charge is 0.493 e. The lowest BCUT2D eigenvalue weighted by atomic mass is 10.0. The van der Waals surface area contributed by atoms with Crippen LogP contribution >= 0.6 is 0 Å². The number of hydrogen-bond donors (Lipinski definition) is 1. The van der Waals surface area contributed by atoms with Gasteiger partial charge in [-0.05, 0) is 42.2 Å². The van der Waals surface area contributed by atoms with Crippen molar-refractivity contribution in [3.05, 3.63) is 47.0 Å². The minimum absolute atomic E-state index is 0.120. The summed E-state index contributed by atoms with van der Waals surface area (Å²) in [7, 11) is 1.56. The molecule has 2 aromatic carbocycles. The highest BCUT2D eigenvalue weighted by atomic mass is 16.6. The van der Waals surface area contributed by atoms with Crippen molar-refractivity contribution in [2.24, 2.45) is 5.10 Å². The van der Waals surface area contributed by atoms with Gasteiger partial charge in [-0.15, -0.1) is 0 Å². The number of fused-ring (bicyclic) bond motifs is 1. The Balaban J connectivity index is 1.60. The monoisotopic (exact) mass is 398 g/mol. The minimum Gasteiger partial charge on any atom is -0.493 e. The lowest BCUT2D eigenvalue weighted by molar-refractivity contribution is -0.123. The predicted molar refractivity (Wildman–Crippen MR) is 110 cm³/mol. The van der Waals surface area contributed by atoms with Crippen LogP contribution in [0, 0.1) is 6.92 Å². The zero-order valence-corrected chi connectivity index (χ0v) is 17.2. The van der Waals surface area contributed by atoms with E-state index in [0.717, 1.165) is 16.9 Å². The van der Waals surface area contributed by atoms with Crippen molar-refractivity contribution in [3.8, 4) is 23.0 Å². The Hall–Kier alpha value is -3.22. The number of amides is 1. The molecule has 3 rings (SSSR count). The standard InChI is InChI=1S/C22H26N2O5/c1-14(2)17-6-5-15(3)9-18(17)29-13-21(25)24-23-12-16-10-19(26-4)22-20(11-16)27-7-8-28-22/h5-6,9-12,14H,7-8,13H2,1-4H3,(H,24,25)/b23-12-. The highest BCUT2D eigenvalue weighted by Gasteiger charge is 2.18. The Morgan fingerprint density at radius 1 is 1.21 bits per heavy atom. The van der Waals surface area contributed by atoms with Crippen LogP contribution in [0.4, 0.5) is 0 Å². The quantitative estimate of drug-likeness (QED) is 0.571. The van der Waals surface area contributed by atoms with E-state index in [2.05, 4.69) is 24.4 Å². The minimum atomic E-state index is -0.345. The summed E-state index contributed by atoms with van der Waals surface area (Å²) < 4.78 is 22.2. The first-order valence-corrected chi connectivity index (χ1v) is 9.51. The van der Waals surface area contributed by atoms with E-state index in [-0.39, 0.29) is 12.5 Å². The number of carbonyl (C=O) groups is 1. The third kappa shape index (κ3) is 5.19. The number of nitrogens with one attached hydrogen (secondary N) is 1. The number of ether oxygens (including phenoxy) is 4. The molecular weight excluding hydrogens is 372 g/mol. The second kappa shape index (κ2) is 9.32. The van der Waals surface area contributed by atoms with Gasteiger partial charge in [0.15, 0.2) is 18.1 Å². The first-order valence-electron chi connectivity index (χ1n) is 9.51. The molecule has 0 radical (unpaired) electrons. The molecule has 1 heterocycles. The van der Waals surface area contributed by atoms with Gasteiger partial charge in [0.25, 0.3) is 5.91 Å². The number of aryl methyl sites for hydroxylation is 1. The molecule has 1 N–H and O–H groups in total. The summed E-state index contributed by atoms with van der Waals surface area (Å²) in [5, 5.41) is 4.00. The molecule has 2 aromatic rings. The van der Waals surface area contributed by atoms with E-state index in [9.17, 15) is 4.79 Å². The number of hydrazone groups is 1. The van der Waals surface area contributed by atoms with Crippen LogP contribution in [0.2, 0.25) is 0 Å². The maximum Gasteiger partial charge on any atom is 0.277 e. The summed E-state index contributed by atoms with van der Waals surface area (Å²) >= 11 is 0. The molecule has 1 amide bonds. The van der Waals surface area contributed by atoms with E-state index in [4.69, 9.17) is 18.9 Å². The van der Waals surface area contributed by atoms with Gasteiger partial charge < -0.3 is 18.9 Å². The third-order valence-corrected chi connectivity index (χ3v) is 4.40. The van der Waals surface area contributed by atoms with Crippen molar-refractivity contribution in [2.75, 3.05) is 26.9 Å². The van der Waals surface area contributed by atoms with Crippen LogP contribution in [-0.2, 0) is 4.79 Å². The van der Waals surface area contributed by atoms with Crippen molar-refractivity contribution >= 4 is 12.1 Å². The van der Waals surface area contributed by atoms with Crippen molar-refractivity contribution < 1.29 is 23.7 Å². The zero-order chi connectivity index (χ0) is 20.8. The summed E-state index contributed by atoms with van der Waals surface area (Å²) in [5.41, 5.74) is 5.33. The van der Waals surface area contributed by atoms with Crippen LogP contribution in [0.5, 0.6) is 23.0 Å². The molecule has 0 spiro atoms. The van der Waals surface area contributed by atoms with Gasteiger partial charge in [0.1, 0.15) is 19.0 Å². The fraction of sp³-hybridized carbons (Fsp3) is 0.364. The second-order valence-electron chi connectivity index (χ2n) is 7.03. The van der Waals surface area contributed by atoms with Gasteiger partial charge in [0.2, 0.25) is 5.75 Å². The van der Waals surface area contributed by atoms with Gasteiger partial charge in [-0.3, -0.25) is 4.79 Å². The highest BCUT2D eigenvalue weighted by molar-refractivity contribution is 5.84. The Kier molecular flexibility index (Phi) is 6.59. The van der Waals surface area contributed by atoms with E-state index in [1.807, 2.05) is 25.1 Å². The SMILES string of the molecule is COc1cc(/C=N\NC(=O)COc2cc(C)ccc2C(C)C)cc2c1OCCO2. The normalized spacial score (nSPS) is 12.9. The number of nitrogens with zero attached hydrogens (tertiary/aromatic N) is 1. The lowest BCUT2D eigenvalue weighted by Gasteiger charge is -2.20. The molecule has 0 atom stereocenters. The average Bonchev–Trinajstić information content (AvgIpc) is 2.71. The second-order valence-corrected chi connectivity index (χ2v) is 7.03. The van der Waals surface area contributed by atoms with Gasteiger partial charge in [-0.2, -0.15) is 5.10 Å². The van der Waals surface area contributed by atoms with Gasteiger partial charge in [0.05, 0.1) is 13.3 Å². The van der Waals surface area contributed by atoms with Crippen molar-refractivity contribution in [1.29, 1.82) is 0 Å². The van der Waals surface area contributed by atoms with Gasteiger partial charge in [-0.1, -0.05) is 26.0 Å². The van der Waals surface area contributed by atoms with Gasteiger partial charge in [-0.25, -0.2) is 5.43 Å². The highest BCUT2D eigenvalue weighted by Crippen LogP contribution is 2.40. The van der Waals surface area contributed by atoms with E-state index in [0.29, 0.717) is 41.9 Å². The molecule has 29 heavy (non-hydrogen) atoms. The molecule has 1 aliphatic rings. The maximum absolute atomic E-state index is 12.1. The topological polar surface area (TPSA) is 78.4 Å². The summed E-state index contributed by atoms with van der Waals surface area (Å²) in [4.78, 5) is 12.1. The van der Waals surface area contributed by atoms with Gasteiger partial charge >= 0.3 is 0 Å². The van der Waals surface area contributed by atoms with E-state index in [1.165, 1.54) is 6.21 Å². The molecule has 154 valence electrons. The summed E-state index contributed by atoms with van der Waals surface area (Å²) in [6.45, 7) is 7.00. The number of methoxy groups -OCH3 is 1. The van der Waals surface area contributed by atoms with Crippen LogP contribution in [-0.4, -0.2) is 39.1 Å². The molecule has 0 saturated heterocycles. The number of benzene rings is 2. The molecular formula is C22H26N2O5. The summed E-state index contributed by atoms with van der Waals surface area (Å²) in [6.07, 6.45) is 1.52. The molecule has 0 fully saturated rings. The third-order valence-electron chi connectivity index (χ3n) is 4.40. The molecule has 7 heteroatoms. The maximum atomic E-state index is 12.1. The van der Waals surface area contributed by atoms with Crippen LogP contribution < -0.4 is 24.4 Å². The van der Waals surface area contributed by atoms with Crippen LogP contribution in [0.3, 0.4) is 0 Å². The molecule has 7 nitrogen and oxygen atoms in total. The van der Waals surface area contributed by atoms with Crippen LogP contribution in [0.1, 0.15) is 36.5 Å². The van der Waals surface area contributed by atoms with Crippen molar-refractivity contribution in [1.82, 2.24) is 5.43 Å². The number of carbonyl (C=O) groups excluding carboxylic acids is 1. The summed E-state index contributed by atoms with van der Waals surface area (Å²) in [5.74, 6) is 2.40. The first-order chi connectivity index (χ1) is 14.0. The van der Waals surface area contributed by atoms with E-state index in [1.54, 1.807) is 19.2 Å². The Bertz CT molecular complexity index is 891. The molecule has 0 aliphatic carbocycles. The van der Waals surface area contributed by atoms with Crippen molar-refractivity contribution in [3.63, 3.8) is 0 Å². The molecule has 0 saturated carbocycles. The van der Waals surface area contributed by atoms with Gasteiger partial charge in [0, 0.05) is 5.56 Å². The predicted octanol–water partition coefficient (Wildman–Crippen LogP) is 3.43. The fourth-order valence-electron chi connectivity index (χ4n) is 2.97. The average molecular weight is 398 g/mol. The Morgan fingerprint density at radius 3 is 2.76 bits per heavy atom.